The van der Waals surface area contributed by atoms with Crippen molar-refractivity contribution in [3.63, 3.8) is 0 Å². The summed E-state index contributed by atoms with van der Waals surface area (Å²) in [5, 5.41) is 18.0. The third kappa shape index (κ3) is 14.9. The van der Waals surface area contributed by atoms with Crippen LogP contribution in [0.5, 0.6) is 5.75 Å². The van der Waals surface area contributed by atoms with Crippen LogP contribution in [0.1, 0.15) is 122 Å². The highest BCUT2D eigenvalue weighted by Gasteiger charge is 2.40. The minimum atomic E-state index is -4.11. The van der Waals surface area contributed by atoms with Crippen LogP contribution in [0, 0.1) is 20.8 Å². The Labute approximate surface area is 432 Å². The van der Waals surface area contributed by atoms with Gasteiger partial charge < -0.3 is 51.6 Å². The first-order valence-electron chi connectivity index (χ1n) is 24.6. The van der Waals surface area contributed by atoms with Crippen molar-refractivity contribution in [3.05, 3.63) is 58.3 Å². The van der Waals surface area contributed by atoms with Gasteiger partial charge in [-0.25, -0.2) is 22.7 Å². The van der Waals surface area contributed by atoms with Gasteiger partial charge >= 0.3 is 18.0 Å². The second-order valence-electron chi connectivity index (χ2n) is 21.5. The third-order valence-electron chi connectivity index (χ3n) is 12.5. The average Bonchev–Trinajstić information content (AvgIpc) is 4.01. The van der Waals surface area contributed by atoms with E-state index in [1.165, 1.54) is 10.8 Å². The van der Waals surface area contributed by atoms with Gasteiger partial charge in [0.25, 0.3) is 10.0 Å². The van der Waals surface area contributed by atoms with Crippen molar-refractivity contribution in [2.75, 3.05) is 19.6 Å². The van der Waals surface area contributed by atoms with E-state index in [1.807, 2.05) is 20.8 Å². The number of ether oxygens (including phenoxy) is 3. The first-order valence-corrected chi connectivity index (χ1v) is 26.1. The molecule has 74 heavy (non-hydrogen) atoms. The number of aliphatic carboxylic acids is 1. The van der Waals surface area contributed by atoms with Gasteiger partial charge in [-0.1, -0.05) is 18.2 Å². The number of esters is 1. The number of hydrogen-bond acceptors (Lipinski definition) is 14. The van der Waals surface area contributed by atoms with Crippen LogP contribution >= 0.6 is 0 Å². The van der Waals surface area contributed by atoms with Gasteiger partial charge in [0.05, 0.1) is 29.4 Å². The number of carbonyl (C=O) groups excluding carboxylic acids is 6. The maximum absolute atomic E-state index is 14.3. The second kappa shape index (κ2) is 23.2. The van der Waals surface area contributed by atoms with Gasteiger partial charge in [-0.05, 0) is 137 Å². The van der Waals surface area contributed by atoms with Crippen LogP contribution in [0.25, 0.3) is 10.9 Å². The summed E-state index contributed by atoms with van der Waals surface area (Å²) in [6, 6.07) is 1.45. The Balaban J connectivity index is 1.23. The zero-order valence-electron chi connectivity index (χ0n) is 44.2. The number of aliphatic imine (C=N–C) groups is 1. The van der Waals surface area contributed by atoms with Crippen LogP contribution in [0.15, 0.2) is 40.4 Å². The summed E-state index contributed by atoms with van der Waals surface area (Å²) in [6.07, 6.45) is 1.83. The molecular weight excluding hydrogens is 979 g/mol. The Bertz CT molecular complexity index is 2810. The molecule has 9 N–H and O–H groups in total. The van der Waals surface area contributed by atoms with Crippen LogP contribution in [0.4, 0.5) is 4.79 Å². The number of unbranched alkanes of at least 4 members (excludes halogenated alkanes) is 1. The molecule has 406 valence electrons. The molecule has 3 aromatic rings. The van der Waals surface area contributed by atoms with Gasteiger partial charge in [0, 0.05) is 43.1 Å². The highest BCUT2D eigenvalue weighted by atomic mass is 32.2. The van der Waals surface area contributed by atoms with Crippen molar-refractivity contribution in [1.29, 1.82) is 0 Å². The highest BCUT2D eigenvalue weighted by Crippen LogP contribution is 2.43. The number of carboxylic acids is 1. The molecule has 0 saturated carbocycles. The highest BCUT2D eigenvalue weighted by molar-refractivity contribution is 7.90. The summed E-state index contributed by atoms with van der Waals surface area (Å²) < 4.78 is 47.9. The summed E-state index contributed by atoms with van der Waals surface area (Å²) in [5.41, 5.74) is 13.4. The summed E-state index contributed by atoms with van der Waals surface area (Å²) >= 11 is 0. The lowest BCUT2D eigenvalue weighted by Gasteiger charge is -2.29. The largest absolute Gasteiger partial charge is 0.487 e. The van der Waals surface area contributed by atoms with Gasteiger partial charge in [-0.2, -0.15) is 0 Å². The van der Waals surface area contributed by atoms with E-state index in [0.717, 1.165) is 16.0 Å². The Kier molecular flexibility index (Phi) is 18.2. The quantitative estimate of drug-likeness (QED) is 0.0392. The van der Waals surface area contributed by atoms with E-state index < -0.39 is 106 Å². The number of fused-ring (bicyclic) bond motifs is 2. The number of amides is 4. The maximum Gasteiger partial charge on any atom is 0.419 e. The lowest BCUT2D eigenvalue weighted by molar-refractivity contribution is -0.157. The number of carboxylic acid groups (broad SMARTS) is 1. The van der Waals surface area contributed by atoms with E-state index >= 15 is 0 Å². The van der Waals surface area contributed by atoms with Crippen LogP contribution in [-0.2, 0) is 61.1 Å². The standard InChI is InChI=1S/C51H73N9O13S/c1-28-29(2)42(30(3)33-25-51(10,11)72-41(28)33)74(69,70)58-47(53)54-21-15-14-18-34(52)43(63)55-26-39(61)56-35(24-40(62)71-49(4,5)6)44(64)57-36(45(65)59-22-16-20-38(59)46(66)67)23-31-27-60(48(68)73-50(7,8)9)37-19-13-12-17-32(31)37/h12-13,17,19,27,34-36,38H,14-16,18,20-26,52H2,1-11H3,(H,55,63)(H,56,61)(H,57,64)(H,66,67)(H3,53,54,58)/t34-,35-,36-,38-/m0/s1. The van der Waals surface area contributed by atoms with E-state index in [4.69, 9.17) is 25.7 Å². The molecule has 2 aliphatic heterocycles. The van der Waals surface area contributed by atoms with Gasteiger partial charge in [-0.3, -0.25) is 33.5 Å². The monoisotopic (exact) mass is 1050 g/mol. The number of guanidine groups is 1. The normalized spacial score (nSPS) is 16.8. The minimum Gasteiger partial charge on any atom is -0.487 e. The van der Waals surface area contributed by atoms with Crippen LogP contribution in [0.2, 0.25) is 0 Å². The lowest BCUT2D eigenvalue weighted by Crippen LogP contribution is -2.57. The van der Waals surface area contributed by atoms with E-state index in [-0.39, 0.29) is 43.2 Å². The average molecular weight is 1050 g/mol. The predicted octanol–water partition coefficient (Wildman–Crippen LogP) is 3.29. The van der Waals surface area contributed by atoms with Crippen molar-refractivity contribution in [3.8, 4) is 5.75 Å². The molecule has 1 fully saturated rings. The molecule has 1 aromatic heterocycles. The van der Waals surface area contributed by atoms with Gasteiger partial charge in [0.1, 0.15) is 40.7 Å². The molecule has 3 heterocycles. The lowest BCUT2D eigenvalue weighted by atomic mass is 9.94. The zero-order chi connectivity index (χ0) is 55.2. The third-order valence-corrected chi connectivity index (χ3v) is 14.1. The molecule has 22 nitrogen and oxygen atoms in total. The van der Waals surface area contributed by atoms with E-state index in [0.29, 0.717) is 59.0 Å². The fraction of sp³-hybridized carbons (Fsp3) is 0.569. The number of para-hydroxylation sites is 1. The number of benzene rings is 2. The molecule has 2 aromatic carbocycles. The molecule has 0 spiro atoms. The number of carbonyl (C=O) groups is 7. The van der Waals surface area contributed by atoms with Crippen LogP contribution in [-0.4, -0.2) is 131 Å². The number of nitrogens with zero attached hydrogens (tertiary/aromatic N) is 3. The fourth-order valence-corrected chi connectivity index (χ4v) is 10.6. The molecule has 2 aliphatic rings. The summed E-state index contributed by atoms with van der Waals surface area (Å²) in [4.78, 5) is 99.3. The van der Waals surface area contributed by atoms with Crippen molar-refractivity contribution < 1.29 is 61.3 Å². The number of nitrogens with two attached hydrogens (primary N) is 2. The molecule has 5 rings (SSSR count). The summed E-state index contributed by atoms with van der Waals surface area (Å²) in [6.45, 7) is 18.6. The SMILES string of the molecule is Cc1c(C)c(S(=O)(=O)NC(N)=NCCCC[C@H](N)C(=O)NCC(=O)N[C@@H](CC(=O)OC(C)(C)C)C(=O)N[C@@H](Cc2cn(C(=O)OC(C)(C)C)c3ccccc23)C(=O)N2CCC[C@H]2C(=O)O)c(C)c2c1OC(C)(C)C2. The van der Waals surface area contributed by atoms with Gasteiger partial charge in [0.2, 0.25) is 29.6 Å². The summed E-state index contributed by atoms with van der Waals surface area (Å²) in [5.74, 6) is -5.06. The van der Waals surface area contributed by atoms with Crippen molar-refractivity contribution in [1.82, 2.24) is 30.1 Å². The van der Waals surface area contributed by atoms with Gasteiger partial charge in [0.15, 0.2) is 0 Å². The van der Waals surface area contributed by atoms with E-state index in [2.05, 4.69) is 25.7 Å². The Hall–Kier alpha value is -6.75. The molecule has 4 amide bonds. The molecule has 0 radical (unpaired) electrons. The molecule has 23 heteroatoms. The first kappa shape index (κ1) is 58.1. The predicted molar refractivity (Wildman–Crippen MR) is 275 cm³/mol. The number of hydrogen-bond donors (Lipinski definition) is 7. The maximum atomic E-state index is 14.3. The Morgan fingerprint density at radius 2 is 1.58 bits per heavy atom. The number of rotatable bonds is 19. The van der Waals surface area contributed by atoms with Crippen LogP contribution < -0.4 is 36.9 Å². The first-order chi connectivity index (χ1) is 34.3. The van der Waals surface area contributed by atoms with Crippen molar-refractivity contribution in [2.45, 2.75) is 173 Å². The number of nitrogens with one attached hydrogen (secondary N) is 4. The molecule has 0 aliphatic carbocycles. The second-order valence-corrected chi connectivity index (χ2v) is 23.1. The molecule has 0 bridgehead atoms. The molecular formula is C51H73N9O13S. The van der Waals surface area contributed by atoms with E-state index in [9.17, 15) is 47.1 Å². The van der Waals surface area contributed by atoms with Crippen molar-refractivity contribution in [2.24, 2.45) is 16.5 Å². The smallest absolute Gasteiger partial charge is 0.419 e. The van der Waals surface area contributed by atoms with Crippen molar-refractivity contribution >= 4 is 68.5 Å². The molecule has 1 saturated heterocycles. The fourth-order valence-electron chi connectivity index (χ4n) is 9.03. The topological polar surface area (TPSA) is 322 Å². The zero-order valence-corrected chi connectivity index (χ0v) is 45.0. The van der Waals surface area contributed by atoms with E-state index in [1.54, 1.807) is 79.7 Å². The molecule has 4 atom stereocenters. The molecule has 0 unspecified atom stereocenters. The number of aromatic nitrogens is 1. The van der Waals surface area contributed by atoms with Crippen LogP contribution in [0.3, 0.4) is 0 Å². The minimum absolute atomic E-state index is 0.0832. The Morgan fingerprint density at radius 1 is 0.919 bits per heavy atom. The van der Waals surface area contributed by atoms with Gasteiger partial charge in [-0.15, -0.1) is 0 Å². The number of likely N-dealkylation sites (tertiary alicyclic amines) is 1. The Morgan fingerprint density at radius 3 is 2.23 bits per heavy atom. The summed E-state index contributed by atoms with van der Waals surface area (Å²) in [7, 11) is -4.11. The number of sulfonamides is 1.